The van der Waals surface area contributed by atoms with Crippen molar-refractivity contribution in [1.82, 2.24) is 19.7 Å². The summed E-state index contributed by atoms with van der Waals surface area (Å²) in [5.74, 6) is 3.14. The summed E-state index contributed by atoms with van der Waals surface area (Å²) >= 11 is 1.69. The minimum atomic E-state index is 0.414. The van der Waals surface area contributed by atoms with Gasteiger partial charge in [0.25, 0.3) is 0 Å². The topological polar surface area (TPSA) is 62.1 Å². The monoisotopic (exact) mass is 410 g/mol. The molecule has 1 aliphatic rings. The Kier molecular flexibility index (Phi) is 6.34. The molecule has 7 heteroatoms. The Hall–Kier alpha value is -2.54. The highest BCUT2D eigenvalue weighted by Gasteiger charge is 2.24. The Morgan fingerprint density at radius 2 is 1.76 bits per heavy atom. The van der Waals surface area contributed by atoms with Crippen molar-refractivity contribution in [3.63, 3.8) is 0 Å². The van der Waals surface area contributed by atoms with Gasteiger partial charge in [-0.2, -0.15) is 0 Å². The zero-order valence-electron chi connectivity index (χ0n) is 16.9. The number of methoxy groups -OCH3 is 2. The molecule has 2 heterocycles. The van der Waals surface area contributed by atoms with Crippen molar-refractivity contribution in [3.8, 4) is 22.9 Å². The zero-order chi connectivity index (χ0) is 20.1. The van der Waals surface area contributed by atoms with Gasteiger partial charge in [0.1, 0.15) is 11.5 Å². The van der Waals surface area contributed by atoms with E-state index in [1.54, 1.807) is 26.0 Å². The first-order valence-electron chi connectivity index (χ1n) is 9.99. The van der Waals surface area contributed by atoms with Crippen LogP contribution in [0.2, 0.25) is 0 Å². The molecule has 0 bridgehead atoms. The van der Waals surface area contributed by atoms with Crippen LogP contribution in [0.1, 0.15) is 43.8 Å². The molecule has 0 unspecified atom stereocenters. The molecule has 3 aromatic rings. The third-order valence-electron chi connectivity index (χ3n) is 5.29. The lowest BCUT2D eigenvalue weighted by Gasteiger charge is -2.25. The standard InChI is InChI=1S/C22H26N4O2S/c1-27-19-12-16(13-20(14-19)28-2)21-24-25-22(26(21)18-9-4-3-5-10-18)29-15-17-8-6-7-11-23-17/h6-8,11-14,18H,3-5,9-10,15H2,1-2H3. The number of benzene rings is 1. The van der Waals surface area contributed by atoms with Crippen LogP contribution < -0.4 is 9.47 Å². The molecule has 6 nitrogen and oxygen atoms in total. The first kappa shape index (κ1) is 19.8. The quantitative estimate of drug-likeness (QED) is 0.502. The molecule has 1 aliphatic carbocycles. The van der Waals surface area contributed by atoms with Crippen LogP contribution in [0.15, 0.2) is 47.8 Å². The van der Waals surface area contributed by atoms with Crippen LogP contribution >= 0.6 is 11.8 Å². The van der Waals surface area contributed by atoms with Gasteiger partial charge in [0.2, 0.25) is 0 Å². The molecule has 4 rings (SSSR count). The summed E-state index contributed by atoms with van der Waals surface area (Å²) in [6.07, 6.45) is 7.93. The molecule has 0 saturated heterocycles. The smallest absolute Gasteiger partial charge is 0.192 e. The van der Waals surface area contributed by atoms with Crippen LogP contribution in [0.25, 0.3) is 11.4 Å². The average Bonchev–Trinajstić information content (AvgIpc) is 3.22. The van der Waals surface area contributed by atoms with E-state index in [9.17, 15) is 0 Å². The number of pyridine rings is 1. The molecular formula is C22H26N4O2S. The van der Waals surface area contributed by atoms with E-state index in [0.717, 1.165) is 52.3 Å². The molecule has 29 heavy (non-hydrogen) atoms. The van der Waals surface area contributed by atoms with Crippen molar-refractivity contribution in [3.05, 3.63) is 48.3 Å². The molecule has 0 atom stereocenters. The van der Waals surface area contributed by atoms with Gasteiger partial charge < -0.3 is 9.47 Å². The fraction of sp³-hybridized carbons (Fsp3) is 0.409. The highest BCUT2D eigenvalue weighted by molar-refractivity contribution is 7.98. The second-order valence-electron chi connectivity index (χ2n) is 7.18. The van der Waals surface area contributed by atoms with E-state index in [-0.39, 0.29) is 0 Å². The molecule has 1 aromatic carbocycles. The van der Waals surface area contributed by atoms with Crippen molar-refractivity contribution in [2.45, 2.75) is 49.1 Å². The van der Waals surface area contributed by atoms with Gasteiger partial charge in [0.05, 0.1) is 19.9 Å². The number of nitrogens with zero attached hydrogens (tertiary/aromatic N) is 4. The van der Waals surface area contributed by atoms with Crippen LogP contribution in [0.5, 0.6) is 11.5 Å². The molecule has 1 fully saturated rings. The summed E-state index contributed by atoms with van der Waals surface area (Å²) in [7, 11) is 3.33. The molecule has 2 aromatic heterocycles. The predicted octanol–water partition coefficient (Wildman–Crippen LogP) is 5.15. The minimum absolute atomic E-state index is 0.414. The number of thioether (sulfide) groups is 1. The van der Waals surface area contributed by atoms with E-state index < -0.39 is 0 Å². The van der Waals surface area contributed by atoms with Crippen LogP contribution in [-0.2, 0) is 5.75 Å². The molecule has 0 N–H and O–H groups in total. The van der Waals surface area contributed by atoms with Crippen LogP contribution in [-0.4, -0.2) is 34.0 Å². The van der Waals surface area contributed by atoms with Crippen LogP contribution in [0.4, 0.5) is 0 Å². The number of rotatable bonds is 7. The second-order valence-corrected chi connectivity index (χ2v) is 8.12. The molecule has 1 saturated carbocycles. The zero-order valence-corrected chi connectivity index (χ0v) is 17.7. The third-order valence-corrected chi connectivity index (χ3v) is 6.27. The first-order valence-corrected chi connectivity index (χ1v) is 11.0. The summed E-state index contributed by atoms with van der Waals surface area (Å²) in [6, 6.07) is 12.3. The lowest BCUT2D eigenvalue weighted by Crippen LogP contribution is -2.15. The van der Waals surface area contributed by atoms with Crippen molar-refractivity contribution in [1.29, 1.82) is 0 Å². The van der Waals surface area contributed by atoms with Gasteiger partial charge >= 0.3 is 0 Å². The Morgan fingerprint density at radius 1 is 1.00 bits per heavy atom. The van der Waals surface area contributed by atoms with E-state index in [4.69, 9.17) is 9.47 Å². The summed E-state index contributed by atoms with van der Waals surface area (Å²) in [4.78, 5) is 4.43. The van der Waals surface area contributed by atoms with Crippen LogP contribution in [0.3, 0.4) is 0 Å². The van der Waals surface area contributed by atoms with Gasteiger partial charge in [-0.3, -0.25) is 9.55 Å². The molecule has 0 spiro atoms. The molecule has 152 valence electrons. The van der Waals surface area contributed by atoms with Crippen molar-refractivity contribution >= 4 is 11.8 Å². The normalized spacial score (nSPS) is 14.7. The minimum Gasteiger partial charge on any atom is -0.497 e. The summed E-state index contributed by atoms with van der Waals surface area (Å²) in [6.45, 7) is 0. The SMILES string of the molecule is COc1cc(OC)cc(-c2nnc(SCc3ccccn3)n2C2CCCCC2)c1. The highest BCUT2D eigenvalue weighted by atomic mass is 32.2. The van der Waals surface area contributed by atoms with E-state index in [2.05, 4.69) is 19.7 Å². The summed E-state index contributed by atoms with van der Waals surface area (Å²) in [5, 5.41) is 10.1. The number of hydrogen-bond acceptors (Lipinski definition) is 6. The molecular weight excluding hydrogens is 384 g/mol. The van der Waals surface area contributed by atoms with Gasteiger partial charge in [0.15, 0.2) is 11.0 Å². The van der Waals surface area contributed by atoms with Crippen molar-refractivity contribution in [2.75, 3.05) is 14.2 Å². The maximum Gasteiger partial charge on any atom is 0.192 e. The maximum atomic E-state index is 5.47. The Balaban J connectivity index is 1.71. The van der Waals surface area contributed by atoms with Gasteiger partial charge in [-0.1, -0.05) is 37.1 Å². The van der Waals surface area contributed by atoms with Crippen LogP contribution in [0, 0.1) is 0 Å². The fourth-order valence-electron chi connectivity index (χ4n) is 3.80. The van der Waals surface area contributed by atoms with Crippen molar-refractivity contribution < 1.29 is 9.47 Å². The second kappa shape index (κ2) is 9.31. The van der Waals surface area contributed by atoms with E-state index in [0.29, 0.717) is 6.04 Å². The first-order chi connectivity index (χ1) is 14.3. The average molecular weight is 411 g/mol. The van der Waals surface area contributed by atoms with E-state index in [1.807, 2.05) is 42.6 Å². The number of aromatic nitrogens is 4. The van der Waals surface area contributed by atoms with E-state index >= 15 is 0 Å². The Bertz CT molecular complexity index is 917. The molecule has 0 radical (unpaired) electrons. The predicted molar refractivity (Wildman–Crippen MR) is 114 cm³/mol. The third kappa shape index (κ3) is 4.56. The lowest BCUT2D eigenvalue weighted by molar-refractivity contribution is 0.339. The Labute approximate surface area is 175 Å². The fourth-order valence-corrected chi connectivity index (χ4v) is 4.72. The number of hydrogen-bond donors (Lipinski definition) is 0. The van der Waals surface area contributed by atoms with Gasteiger partial charge in [0, 0.05) is 29.6 Å². The summed E-state index contributed by atoms with van der Waals surface area (Å²) in [5.41, 5.74) is 2.00. The van der Waals surface area contributed by atoms with Crippen molar-refractivity contribution in [2.24, 2.45) is 0 Å². The molecule has 0 amide bonds. The summed E-state index contributed by atoms with van der Waals surface area (Å²) < 4.78 is 13.3. The number of ether oxygens (including phenoxy) is 2. The highest BCUT2D eigenvalue weighted by Crippen LogP contribution is 2.38. The maximum absolute atomic E-state index is 5.47. The molecule has 0 aliphatic heterocycles. The van der Waals surface area contributed by atoms with Gasteiger partial charge in [-0.25, -0.2) is 0 Å². The van der Waals surface area contributed by atoms with Gasteiger partial charge in [-0.15, -0.1) is 10.2 Å². The Morgan fingerprint density at radius 3 is 2.41 bits per heavy atom. The van der Waals surface area contributed by atoms with E-state index in [1.165, 1.54) is 19.3 Å². The lowest BCUT2D eigenvalue weighted by atomic mass is 9.95. The van der Waals surface area contributed by atoms with Gasteiger partial charge in [-0.05, 0) is 37.1 Å². The largest absolute Gasteiger partial charge is 0.497 e.